The second-order valence-corrected chi connectivity index (χ2v) is 4.55. The van der Waals surface area contributed by atoms with Crippen molar-refractivity contribution in [3.8, 4) is 11.5 Å². The van der Waals surface area contributed by atoms with E-state index in [1.165, 1.54) is 0 Å². The van der Waals surface area contributed by atoms with Gasteiger partial charge in [0.1, 0.15) is 0 Å². The van der Waals surface area contributed by atoms with E-state index in [0.29, 0.717) is 24.5 Å². The summed E-state index contributed by atoms with van der Waals surface area (Å²) in [4.78, 5) is 0. The van der Waals surface area contributed by atoms with Gasteiger partial charge < -0.3 is 25.4 Å². The lowest BCUT2D eigenvalue weighted by Crippen LogP contribution is -2.41. The molecule has 0 heterocycles. The first-order valence-electron chi connectivity index (χ1n) is 5.82. The van der Waals surface area contributed by atoms with E-state index in [4.69, 9.17) is 25.4 Å². The molecule has 0 spiro atoms. The number of aliphatic hydroxyl groups excluding tert-OH is 2. The van der Waals surface area contributed by atoms with Crippen LogP contribution in [0.5, 0.6) is 11.5 Å². The van der Waals surface area contributed by atoms with Crippen molar-refractivity contribution < 1.29 is 19.7 Å². The van der Waals surface area contributed by atoms with Gasteiger partial charge in [0.25, 0.3) is 0 Å². The van der Waals surface area contributed by atoms with Gasteiger partial charge >= 0.3 is 0 Å². The van der Waals surface area contributed by atoms with Gasteiger partial charge in [0.15, 0.2) is 11.5 Å². The van der Waals surface area contributed by atoms with Crippen LogP contribution in [0, 0.1) is 0 Å². The van der Waals surface area contributed by atoms with Crippen molar-refractivity contribution in [3.05, 3.63) is 23.8 Å². The Hall–Kier alpha value is -1.30. The summed E-state index contributed by atoms with van der Waals surface area (Å²) in [5, 5.41) is 18.0. The Kier molecular flexibility index (Phi) is 5.40. The molecule has 1 aromatic rings. The minimum absolute atomic E-state index is 0.0397. The van der Waals surface area contributed by atoms with Crippen LogP contribution in [0.15, 0.2) is 18.2 Å². The first-order valence-corrected chi connectivity index (χ1v) is 5.82. The largest absolute Gasteiger partial charge is 0.493 e. The highest BCUT2D eigenvalue weighted by molar-refractivity contribution is 5.42. The van der Waals surface area contributed by atoms with Crippen LogP contribution < -0.4 is 15.2 Å². The summed E-state index contributed by atoms with van der Waals surface area (Å²) in [7, 11) is 1.55. The van der Waals surface area contributed by atoms with Crippen molar-refractivity contribution in [2.24, 2.45) is 5.73 Å². The Labute approximate surface area is 107 Å². The third kappa shape index (κ3) is 4.18. The Morgan fingerprint density at radius 2 is 2.00 bits per heavy atom. The van der Waals surface area contributed by atoms with E-state index in [0.717, 1.165) is 5.56 Å². The highest BCUT2D eigenvalue weighted by atomic mass is 16.5. The second-order valence-electron chi connectivity index (χ2n) is 4.55. The summed E-state index contributed by atoms with van der Waals surface area (Å²) < 4.78 is 10.7. The van der Waals surface area contributed by atoms with E-state index in [9.17, 15) is 0 Å². The number of ether oxygens (including phenoxy) is 2. The van der Waals surface area contributed by atoms with Crippen LogP contribution in [0.1, 0.15) is 18.9 Å². The van der Waals surface area contributed by atoms with Crippen molar-refractivity contribution >= 4 is 0 Å². The van der Waals surface area contributed by atoms with Crippen LogP contribution in [0.25, 0.3) is 0 Å². The maximum absolute atomic E-state index is 9.03. The molecule has 18 heavy (non-hydrogen) atoms. The zero-order valence-corrected chi connectivity index (χ0v) is 10.8. The van der Waals surface area contributed by atoms with Crippen LogP contribution in [0.2, 0.25) is 0 Å². The number of hydrogen-bond donors (Lipinski definition) is 3. The molecule has 1 unspecified atom stereocenters. The fraction of sp³-hybridized carbons (Fsp3) is 0.538. The lowest BCUT2D eigenvalue weighted by Gasteiger charge is -2.21. The van der Waals surface area contributed by atoms with Gasteiger partial charge in [0.05, 0.1) is 26.9 Å². The van der Waals surface area contributed by atoms with Crippen LogP contribution in [0.3, 0.4) is 0 Å². The standard InChI is InChI=1S/C13H21NO4/c1-13(14,9-16)5-6-18-11-4-3-10(8-15)7-12(11)17-2/h3-4,7,15-16H,5-6,8-9,14H2,1-2H3. The van der Waals surface area contributed by atoms with Crippen molar-refractivity contribution in [1.82, 2.24) is 0 Å². The summed E-state index contributed by atoms with van der Waals surface area (Å²) in [6, 6.07) is 5.24. The van der Waals surface area contributed by atoms with Crippen LogP contribution in [-0.2, 0) is 6.61 Å². The maximum Gasteiger partial charge on any atom is 0.161 e. The molecule has 0 aliphatic heterocycles. The molecule has 0 bridgehead atoms. The molecule has 0 aliphatic carbocycles. The molecule has 5 nitrogen and oxygen atoms in total. The highest BCUT2D eigenvalue weighted by Gasteiger charge is 2.17. The molecule has 0 amide bonds. The Morgan fingerprint density at radius 1 is 1.28 bits per heavy atom. The Bertz CT molecular complexity index is 379. The van der Waals surface area contributed by atoms with Crippen LogP contribution >= 0.6 is 0 Å². The maximum atomic E-state index is 9.03. The molecule has 0 fully saturated rings. The van der Waals surface area contributed by atoms with E-state index in [2.05, 4.69) is 0 Å². The van der Waals surface area contributed by atoms with Crippen LogP contribution in [0.4, 0.5) is 0 Å². The molecule has 1 atom stereocenters. The minimum atomic E-state index is -0.641. The summed E-state index contributed by atoms with van der Waals surface area (Å²) in [5.41, 5.74) is 5.92. The highest BCUT2D eigenvalue weighted by Crippen LogP contribution is 2.28. The van der Waals surface area contributed by atoms with Gasteiger partial charge in [0, 0.05) is 12.0 Å². The number of rotatable bonds is 7. The monoisotopic (exact) mass is 255 g/mol. The van der Waals surface area contributed by atoms with Crippen molar-refractivity contribution in [1.29, 1.82) is 0 Å². The second kappa shape index (κ2) is 6.58. The van der Waals surface area contributed by atoms with Gasteiger partial charge in [-0.25, -0.2) is 0 Å². The van der Waals surface area contributed by atoms with Gasteiger partial charge in [-0.2, -0.15) is 0 Å². The molecule has 4 N–H and O–H groups in total. The first kappa shape index (κ1) is 14.8. The molecular formula is C13H21NO4. The summed E-state index contributed by atoms with van der Waals surface area (Å²) in [5.74, 6) is 1.17. The topological polar surface area (TPSA) is 84.9 Å². The van der Waals surface area contributed by atoms with E-state index >= 15 is 0 Å². The smallest absolute Gasteiger partial charge is 0.161 e. The summed E-state index contributed by atoms with van der Waals surface area (Å²) in [6.07, 6.45) is 0.536. The SMILES string of the molecule is COc1cc(CO)ccc1OCCC(C)(N)CO. The molecule has 1 aromatic carbocycles. The molecule has 0 saturated heterocycles. The average Bonchev–Trinajstić information content (AvgIpc) is 2.38. The van der Waals surface area contributed by atoms with Gasteiger partial charge in [-0.15, -0.1) is 0 Å². The lowest BCUT2D eigenvalue weighted by atomic mass is 10.0. The number of hydrogen-bond acceptors (Lipinski definition) is 5. The predicted octanol–water partition coefficient (Wildman–Crippen LogP) is 0.666. The average molecular weight is 255 g/mol. The molecular weight excluding hydrogens is 234 g/mol. The third-order valence-corrected chi connectivity index (χ3v) is 2.70. The fourth-order valence-electron chi connectivity index (χ4n) is 1.40. The number of benzene rings is 1. The van der Waals surface area contributed by atoms with Gasteiger partial charge in [-0.1, -0.05) is 6.07 Å². The third-order valence-electron chi connectivity index (χ3n) is 2.70. The van der Waals surface area contributed by atoms with E-state index in [-0.39, 0.29) is 13.2 Å². The zero-order valence-electron chi connectivity index (χ0n) is 10.8. The van der Waals surface area contributed by atoms with E-state index < -0.39 is 5.54 Å². The number of methoxy groups -OCH3 is 1. The molecule has 102 valence electrons. The molecule has 5 heteroatoms. The normalized spacial score (nSPS) is 14.1. The van der Waals surface area contributed by atoms with Gasteiger partial charge in [-0.05, 0) is 24.6 Å². The molecule has 1 rings (SSSR count). The van der Waals surface area contributed by atoms with Crippen LogP contribution in [-0.4, -0.2) is 36.1 Å². The predicted molar refractivity (Wildman–Crippen MR) is 68.7 cm³/mol. The van der Waals surface area contributed by atoms with Gasteiger partial charge in [0.2, 0.25) is 0 Å². The molecule has 0 aromatic heterocycles. The zero-order chi connectivity index (χ0) is 13.6. The van der Waals surface area contributed by atoms with Gasteiger partial charge in [-0.3, -0.25) is 0 Å². The first-order chi connectivity index (χ1) is 8.52. The molecule has 0 aliphatic rings. The minimum Gasteiger partial charge on any atom is -0.493 e. The number of aliphatic hydroxyl groups is 2. The summed E-state index contributed by atoms with van der Waals surface area (Å²) >= 11 is 0. The fourth-order valence-corrected chi connectivity index (χ4v) is 1.40. The Balaban J connectivity index is 2.62. The lowest BCUT2D eigenvalue weighted by molar-refractivity contribution is 0.173. The van der Waals surface area contributed by atoms with Crippen molar-refractivity contribution in [2.45, 2.75) is 25.5 Å². The van der Waals surface area contributed by atoms with Crippen molar-refractivity contribution in [3.63, 3.8) is 0 Å². The molecule has 0 radical (unpaired) electrons. The van der Waals surface area contributed by atoms with E-state index in [1.807, 2.05) is 0 Å². The quantitative estimate of drug-likeness (QED) is 0.666. The van der Waals surface area contributed by atoms with Crippen molar-refractivity contribution in [2.75, 3.05) is 20.3 Å². The summed E-state index contributed by atoms with van der Waals surface area (Å²) in [6.45, 7) is 2.03. The number of nitrogens with two attached hydrogens (primary N) is 1. The molecule has 0 saturated carbocycles. The Morgan fingerprint density at radius 3 is 2.56 bits per heavy atom. The van der Waals surface area contributed by atoms with E-state index in [1.54, 1.807) is 32.2 Å².